The van der Waals surface area contributed by atoms with Crippen molar-refractivity contribution < 1.29 is 4.74 Å². The molecule has 2 rings (SSSR count). The number of hydrogen-bond acceptors (Lipinski definition) is 3. The lowest BCUT2D eigenvalue weighted by molar-refractivity contribution is 0.281. The number of nitrogens with zero attached hydrogens (tertiary/aromatic N) is 1. The van der Waals surface area contributed by atoms with E-state index < -0.39 is 0 Å². The Hall–Kier alpha value is -1.06. The van der Waals surface area contributed by atoms with E-state index in [0.29, 0.717) is 12.1 Å². The molecule has 1 heterocycles. The van der Waals surface area contributed by atoms with Crippen molar-refractivity contribution in [2.45, 2.75) is 51.6 Å². The van der Waals surface area contributed by atoms with Gasteiger partial charge in [-0.15, -0.1) is 0 Å². The standard InChI is InChI=1S/C18H30N2O/c1-4-11-20-12-6-8-17(10-13-20)19-15(2)16-7-5-9-18(14-16)21-3/h5,7,9,14-15,17,19H,4,6,8,10-13H2,1-3H3. The Kier molecular flexibility index (Phi) is 6.52. The van der Waals surface area contributed by atoms with Crippen molar-refractivity contribution in [2.24, 2.45) is 0 Å². The first kappa shape index (κ1) is 16.3. The van der Waals surface area contributed by atoms with Gasteiger partial charge >= 0.3 is 0 Å². The molecule has 2 unspecified atom stereocenters. The number of methoxy groups -OCH3 is 1. The van der Waals surface area contributed by atoms with Gasteiger partial charge in [0.15, 0.2) is 0 Å². The van der Waals surface area contributed by atoms with Gasteiger partial charge in [0, 0.05) is 12.1 Å². The zero-order valence-electron chi connectivity index (χ0n) is 13.8. The summed E-state index contributed by atoms with van der Waals surface area (Å²) < 4.78 is 5.32. The van der Waals surface area contributed by atoms with Gasteiger partial charge in [-0.25, -0.2) is 0 Å². The first-order chi connectivity index (χ1) is 10.2. The highest BCUT2D eigenvalue weighted by atomic mass is 16.5. The monoisotopic (exact) mass is 290 g/mol. The largest absolute Gasteiger partial charge is 0.497 e. The van der Waals surface area contributed by atoms with Gasteiger partial charge in [0.2, 0.25) is 0 Å². The molecule has 3 nitrogen and oxygen atoms in total. The fraction of sp³-hybridized carbons (Fsp3) is 0.667. The molecule has 0 aromatic heterocycles. The highest BCUT2D eigenvalue weighted by Gasteiger charge is 2.18. The molecule has 21 heavy (non-hydrogen) atoms. The second-order valence-electron chi connectivity index (χ2n) is 6.13. The van der Waals surface area contributed by atoms with Crippen LogP contribution >= 0.6 is 0 Å². The molecule has 0 bridgehead atoms. The van der Waals surface area contributed by atoms with Crippen LogP contribution in [-0.4, -0.2) is 37.7 Å². The van der Waals surface area contributed by atoms with Crippen LogP contribution in [0.2, 0.25) is 0 Å². The average Bonchev–Trinajstić information content (AvgIpc) is 2.73. The highest BCUT2D eigenvalue weighted by Crippen LogP contribution is 2.21. The molecule has 3 heteroatoms. The quantitative estimate of drug-likeness (QED) is 0.866. The first-order valence-corrected chi connectivity index (χ1v) is 8.35. The van der Waals surface area contributed by atoms with Crippen molar-refractivity contribution in [3.8, 4) is 5.75 Å². The number of nitrogens with one attached hydrogen (secondary N) is 1. The van der Waals surface area contributed by atoms with Crippen molar-refractivity contribution in [3.05, 3.63) is 29.8 Å². The summed E-state index contributed by atoms with van der Waals surface area (Å²) >= 11 is 0. The number of hydrogen-bond donors (Lipinski definition) is 1. The summed E-state index contributed by atoms with van der Waals surface area (Å²) in [7, 11) is 1.73. The molecule has 0 aliphatic carbocycles. The maximum atomic E-state index is 5.32. The molecule has 1 aromatic rings. The van der Waals surface area contributed by atoms with E-state index in [-0.39, 0.29) is 0 Å². The molecule has 0 radical (unpaired) electrons. The van der Waals surface area contributed by atoms with E-state index in [1.807, 2.05) is 6.07 Å². The van der Waals surface area contributed by atoms with E-state index >= 15 is 0 Å². The molecular weight excluding hydrogens is 260 g/mol. The topological polar surface area (TPSA) is 24.5 Å². The third-order valence-electron chi connectivity index (χ3n) is 4.44. The molecule has 1 fully saturated rings. The maximum Gasteiger partial charge on any atom is 0.119 e. The van der Waals surface area contributed by atoms with Crippen LogP contribution < -0.4 is 10.1 Å². The van der Waals surface area contributed by atoms with Crippen LogP contribution in [-0.2, 0) is 0 Å². The average molecular weight is 290 g/mol. The van der Waals surface area contributed by atoms with Crippen LogP contribution in [0.4, 0.5) is 0 Å². The van der Waals surface area contributed by atoms with Crippen LogP contribution in [0.5, 0.6) is 5.75 Å². The molecule has 0 amide bonds. The third-order valence-corrected chi connectivity index (χ3v) is 4.44. The van der Waals surface area contributed by atoms with Gasteiger partial charge in [-0.3, -0.25) is 0 Å². The maximum absolute atomic E-state index is 5.32. The lowest BCUT2D eigenvalue weighted by atomic mass is 10.0. The van der Waals surface area contributed by atoms with E-state index in [1.54, 1.807) is 7.11 Å². The molecule has 1 aliphatic rings. The highest BCUT2D eigenvalue weighted by molar-refractivity contribution is 5.30. The van der Waals surface area contributed by atoms with Crippen molar-refractivity contribution in [1.82, 2.24) is 10.2 Å². The smallest absolute Gasteiger partial charge is 0.119 e. The second-order valence-corrected chi connectivity index (χ2v) is 6.13. The van der Waals surface area contributed by atoms with Gasteiger partial charge < -0.3 is 15.0 Å². The lowest BCUT2D eigenvalue weighted by Gasteiger charge is -2.23. The summed E-state index contributed by atoms with van der Waals surface area (Å²) in [5, 5.41) is 3.81. The minimum atomic E-state index is 0.378. The third kappa shape index (κ3) is 5.01. The van der Waals surface area contributed by atoms with Crippen molar-refractivity contribution in [2.75, 3.05) is 26.7 Å². The fourth-order valence-electron chi connectivity index (χ4n) is 3.22. The SMILES string of the molecule is CCCN1CCCC(NC(C)c2cccc(OC)c2)CC1. The van der Waals surface area contributed by atoms with Gasteiger partial charge in [-0.05, 0) is 69.9 Å². The zero-order chi connectivity index (χ0) is 15.1. The number of ether oxygens (including phenoxy) is 1. The normalized spacial score (nSPS) is 21.8. The van der Waals surface area contributed by atoms with E-state index in [1.165, 1.54) is 50.9 Å². The Morgan fingerprint density at radius 1 is 1.33 bits per heavy atom. The second kappa shape index (κ2) is 8.40. The molecule has 1 aromatic carbocycles. The summed E-state index contributed by atoms with van der Waals surface area (Å²) in [6.07, 6.45) is 5.11. The van der Waals surface area contributed by atoms with Gasteiger partial charge in [0.1, 0.15) is 5.75 Å². The fourth-order valence-corrected chi connectivity index (χ4v) is 3.22. The summed E-state index contributed by atoms with van der Waals surface area (Å²) in [5.41, 5.74) is 1.31. The predicted octanol–water partition coefficient (Wildman–Crippen LogP) is 3.61. The van der Waals surface area contributed by atoms with Crippen LogP contribution in [0.1, 0.15) is 51.1 Å². The zero-order valence-corrected chi connectivity index (χ0v) is 13.8. The first-order valence-electron chi connectivity index (χ1n) is 8.35. The van der Waals surface area contributed by atoms with E-state index in [0.717, 1.165) is 5.75 Å². The molecule has 0 saturated carbocycles. The predicted molar refractivity (Wildman–Crippen MR) is 88.9 cm³/mol. The minimum Gasteiger partial charge on any atom is -0.497 e. The van der Waals surface area contributed by atoms with Crippen LogP contribution in [0.15, 0.2) is 24.3 Å². The summed E-state index contributed by atoms with van der Waals surface area (Å²) in [5.74, 6) is 0.941. The molecule has 1 saturated heterocycles. The number of benzene rings is 1. The van der Waals surface area contributed by atoms with Crippen LogP contribution in [0.3, 0.4) is 0 Å². The van der Waals surface area contributed by atoms with Crippen LogP contribution in [0, 0.1) is 0 Å². The van der Waals surface area contributed by atoms with E-state index in [2.05, 4.69) is 42.3 Å². The molecular formula is C18H30N2O. The summed E-state index contributed by atoms with van der Waals surface area (Å²) in [6.45, 7) is 8.27. The van der Waals surface area contributed by atoms with Crippen molar-refractivity contribution in [1.29, 1.82) is 0 Å². The summed E-state index contributed by atoms with van der Waals surface area (Å²) in [6, 6.07) is 9.40. The van der Waals surface area contributed by atoms with Gasteiger partial charge in [0.25, 0.3) is 0 Å². The van der Waals surface area contributed by atoms with Crippen molar-refractivity contribution >= 4 is 0 Å². The van der Waals surface area contributed by atoms with Gasteiger partial charge in [-0.1, -0.05) is 19.1 Å². The summed E-state index contributed by atoms with van der Waals surface area (Å²) in [4.78, 5) is 2.61. The van der Waals surface area contributed by atoms with Crippen LogP contribution in [0.25, 0.3) is 0 Å². The Morgan fingerprint density at radius 2 is 2.19 bits per heavy atom. The Balaban J connectivity index is 1.88. The molecule has 118 valence electrons. The molecule has 0 spiro atoms. The van der Waals surface area contributed by atoms with E-state index in [4.69, 9.17) is 4.74 Å². The number of rotatable bonds is 6. The van der Waals surface area contributed by atoms with E-state index in [9.17, 15) is 0 Å². The molecule has 1 N–H and O–H groups in total. The number of likely N-dealkylation sites (tertiary alicyclic amines) is 1. The Labute approximate surface area is 129 Å². The van der Waals surface area contributed by atoms with Gasteiger partial charge in [-0.2, -0.15) is 0 Å². The molecule has 1 aliphatic heterocycles. The van der Waals surface area contributed by atoms with Crippen molar-refractivity contribution in [3.63, 3.8) is 0 Å². The molecule has 2 atom stereocenters. The van der Waals surface area contributed by atoms with Gasteiger partial charge in [0.05, 0.1) is 7.11 Å². The lowest BCUT2D eigenvalue weighted by Crippen LogP contribution is -2.33. The minimum absolute atomic E-state index is 0.378. The Morgan fingerprint density at radius 3 is 2.95 bits per heavy atom. The Bertz CT molecular complexity index is 421.